The predicted molar refractivity (Wildman–Crippen MR) is 103 cm³/mol. The van der Waals surface area contributed by atoms with Crippen LogP contribution in [0.2, 0.25) is 0 Å². The first-order chi connectivity index (χ1) is 12.3. The first kappa shape index (κ1) is 19.3. The lowest BCUT2D eigenvalue weighted by atomic mass is 10.1. The van der Waals surface area contributed by atoms with Crippen LogP contribution in [-0.2, 0) is 0 Å². The molecule has 26 heavy (non-hydrogen) atoms. The van der Waals surface area contributed by atoms with E-state index in [0.717, 1.165) is 16.7 Å². The average molecular weight is 352 g/mol. The van der Waals surface area contributed by atoms with Gasteiger partial charge in [-0.1, -0.05) is 30.5 Å². The van der Waals surface area contributed by atoms with E-state index in [-0.39, 0.29) is 17.5 Å². The minimum atomic E-state index is -1.12. The smallest absolute Gasteiger partial charge is 0.343 e. The molecule has 0 bridgehead atoms. The quantitative estimate of drug-likeness (QED) is 0.742. The molecule has 0 amide bonds. The fraction of sp³-hybridized carbons (Fsp3) is 0.333. The maximum atomic E-state index is 11.9. The van der Waals surface area contributed by atoms with Crippen molar-refractivity contribution in [3.8, 4) is 24.0 Å². The zero-order valence-electron chi connectivity index (χ0n) is 15.8. The Morgan fingerprint density at radius 3 is 2.38 bits per heavy atom. The molecule has 2 aromatic rings. The summed E-state index contributed by atoms with van der Waals surface area (Å²) in [6.07, 6.45) is 6.17. The summed E-state index contributed by atoms with van der Waals surface area (Å²) in [5.74, 6) is 2.17. The van der Waals surface area contributed by atoms with E-state index in [0.29, 0.717) is 23.6 Å². The van der Waals surface area contributed by atoms with Gasteiger partial charge in [0.05, 0.1) is 11.7 Å². The second-order valence-electron chi connectivity index (χ2n) is 6.40. The molecule has 1 aromatic heterocycles. The van der Waals surface area contributed by atoms with Crippen molar-refractivity contribution in [3.05, 3.63) is 46.1 Å². The molecule has 0 aliphatic carbocycles. The van der Waals surface area contributed by atoms with Crippen LogP contribution in [0.25, 0.3) is 0 Å². The van der Waals surface area contributed by atoms with Crippen LogP contribution in [0.15, 0.2) is 18.2 Å². The standard InChI is InChI=1S/C21H24N2O3/c1-7-16(8-2)23-17-11-15(6)22-20(18(17)21(24)25)26-19-13(4)9-12(3)10-14(19)5/h1,9-11,16H,8H2,2-6H3,(H,22,23)(H,24,25). The molecule has 1 aromatic carbocycles. The normalized spacial score (nSPS) is 11.5. The van der Waals surface area contributed by atoms with Crippen LogP contribution in [0, 0.1) is 40.0 Å². The Hall–Kier alpha value is -3.00. The Morgan fingerprint density at radius 1 is 1.27 bits per heavy atom. The van der Waals surface area contributed by atoms with Crippen LogP contribution in [0.4, 0.5) is 5.69 Å². The summed E-state index contributed by atoms with van der Waals surface area (Å²) in [6.45, 7) is 9.58. The number of carbonyl (C=O) groups is 1. The molecule has 0 radical (unpaired) electrons. The van der Waals surface area contributed by atoms with Crippen molar-refractivity contribution in [1.29, 1.82) is 0 Å². The van der Waals surface area contributed by atoms with Gasteiger partial charge in [-0.25, -0.2) is 9.78 Å². The van der Waals surface area contributed by atoms with Gasteiger partial charge in [-0.05, 0) is 51.3 Å². The van der Waals surface area contributed by atoms with Crippen LogP contribution in [-0.4, -0.2) is 22.1 Å². The molecular weight excluding hydrogens is 328 g/mol. The largest absolute Gasteiger partial charge is 0.477 e. The van der Waals surface area contributed by atoms with Gasteiger partial charge < -0.3 is 15.2 Å². The Morgan fingerprint density at radius 2 is 1.88 bits per heavy atom. The maximum Gasteiger partial charge on any atom is 0.343 e. The number of hydrogen-bond donors (Lipinski definition) is 2. The van der Waals surface area contributed by atoms with Crippen LogP contribution >= 0.6 is 0 Å². The third-order valence-electron chi connectivity index (χ3n) is 4.07. The summed E-state index contributed by atoms with van der Waals surface area (Å²) in [5, 5.41) is 12.8. The minimum Gasteiger partial charge on any atom is -0.477 e. The molecule has 0 saturated heterocycles. The van der Waals surface area contributed by atoms with E-state index in [1.54, 1.807) is 13.0 Å². The van der Waals surface area contributed by atoms with E-state index in [1.807, 2.05) is 39.8 Å². The second kappa shape index (κ2) is 7.92. The van der Waals surface area contributed by atoms with Gasteiger partial charge in [0.25, 0.3) is 0 Å². The summed E-state index contributed by atoms with van der Waals surface area (Å²) in [4.78, 5) is 16.2. The molecular formula is C21H24N2O3. The molecule has 1 heterocycles. The highest BCUT2D eigenvalue weighted by molar-refractivity contribution is 5.97. The number of nitrogens with one attached hydrogen (secondary N) is 1. The van der Waals surface area contributed by atoms with E-state index in [1.165, 1.54) is 0 Å². The lowest BCUT2D eigenvalue weighted by Gasteiger charge is -2.19. The van der Waals surface area contributed by atoms with E-state index in [9.17, 15) is 9.90 Å². The molecule has 0 aliphatic rings. The van der Waals surface area contributed by atoms with Crippen LogP contribution in [0.5, 0.6) is 11.6 Å². The van der Waals surface area contributed by atoms with Crippen molar-refractivity contribution in [1.82, 2.24) is 4.98 Å². The third kappa shape index (κ3) is 4.15. The highest BCUT2D eigenvalue weighted by Crippen LogP contribution is 2.34. The molecule has 0 spiro atoms. The zero-order chi connectivity index (χ0) is 19.4. The van der Waals surface area contributed by atoms with E-state index in [4.69, 9.17) is 11.2 Å². The molecule has 0 aliphatic heterocycles. The number of terminal acetylenes is 1. The predicted octanol–water partition coefficient (Wildman–Crippen LogP) is 4.63. The summed E-state index contributed by atoms with van der Waals surface area (Å²) in [6, 6.07) is 5.38. The average Bonchev–Trinajstić information content (AvgIpc) is 2.55. The van der Waals surface area contributed by atoms with Gasteiger partial charge in [-0.3, -0.25) is 0 Å². The minimum absolute atomic E-state index is 0.0244. The number of pyridine rings is 1. The van der Waals surface area contributed by atoms with E-state index >= 15 is 0 Å². The Bertz CT molecular complexity index is 859. The number of carboxylic acids is 1. The van der Waals surface area contributed by atoms with Crippen molar-refractivity contribution < 1.29 is 14.6 Å². The fourth-order valence-electron chi connectivity index (χ4n) is 2.91. The number of hydrogen-bond acceptors (Lipinski definition) is 4. The van der Waals surface area contributed by atoms with Gasteiger partial charge >= 0.3 is 5.97 Å². The van der Waals surface area contributed by atoms with Gasteiger partial charge in [-0.2, -0.15) is 0 Å². The SMILES string of the molecule is C#CC(CC)Nc1cc(C)nc(Oc2c(C)cc(C)cc2C)c1C(=O)O. The van der Waals surface area contributed by atoms with Gasteiger partial charge in [0.2, 0.25) is 5.88 Å². The number of nitrogens with zero attached hydrogens (tertiary/aromatic N) is 1. The third-order valence-corrected chi connectivity index (χ3v) is 4.07. The van der Waals surface area contributed by atoms with Crippen molar-refractivity contribution in [2.24, 2.45) is 0 Å². The summed E-state index contributed by atoms with van der Waals surface area (Å²) >= 11 is 0. The fourth-order valence-corrected chi connectivity index (χ4v) is 2.91. The van der Waals surface area contributed by atoms with Crippen molar-refractivity contribution in [2.45, 2.75) is 47.1 Å². The van der Waals surface area contributed by atoms with E-state index < -0.39 is 5.97 Å². The summed E-state index contributed by atoms with van der Waals surface area (Å²) in [7, 11) is 0. The number of aryl methyl sites for hydroxylation is 4. The molecule has 1 atom stereocenters. The van der Waals surface area contributed by atoms with Crippen molar-refractivity contribution in [3.63, 3.8) is 0 Å². The molecule has 5 nitrogen and oxygen atoms in total. The number of anilines is 1. The van der Waals surface area contributed by atoms with Gasteiger partial charge in [0.15, 0.2) is 0 Å². The number of rotatable bonds is 6. The highest BCUT2D eigenvalue weighted by Gasteiger charge is 2.22. The second-order valence-corrected chi connectivity index (χ2v) is 6.40. The summed E-state index contributed by atoms with van der Waals surface area (Å²) in [5.41, 5.74) is 3.99. The van der Waals surface area contributed by atoms with Crippen LogP contribution < -0.4 is 10.1 Å². The number of aromatic carboxylic acids is 1. The Balaban J connectivity index is 2.57. The monoisotopic (exact) mass is 352 g/mol. The number of benzene rings is 1. The lowest BCUT2D eigenvalue weighted by molar-refractivity contribution is 0.0694. The maximum absolute atomic E-state index is 11.9. The molecule has 2 rings (SSSR count). The first-order valence-electron chi connectivity index (χ1n) is 8.50. The number of aromatic nitrogens is 1. The van der Waals surface area contributed by atoms with Crippen molar-refractivity contribution in [2.75, 3.05) is 5.32 Å². The van der Waals surface area contributed by atoms with Gasteiger partial charge in [-0.15, -0.1) is 6.42 Å². The highest BCUT2D eigenvalue weighted by atomic mass is 16.5. The zero-order valence-corrected chi connectivity index (χ0v) is 15.8. The van der Waals surface area contributed by atoms with Crippen LogP contribution in [0.3, 0.4) is 0 Å². The van der Waals surface area contributed by atoms with Gasteiger partial charge in [0.1, 0.15) is 11.3 Å². The lowest BCUT2D eigenvalue weighted by Crippen LogP contribution is -2.19. The first-order valence-corrected chi connectivity index (χ1v) is 8.50. The van der Waals surface area contributed by atoms with Gasteiger partial charge in [0, 0.05) is 5.69 Å². The molecule has 0 saturated carbocycles. The Labute approximate surface area is 154 Å². The topological polar surface area (TPSA) is 71.5 Å². The molecule has 1 unspecified atom stereocenters. The summed E-state index contributed by atoms with van der Waals surface area (Å²) < 4.78 is 5.97. The number of carboxylic acid groups (broad SMARTS) is 1. The molecule has 136 valence electrons. The number of ether oxygens (including phenoxy) is 1. The van der Waals surface area contributed by atoms with E-state index in [2.05, 4.69) is 16.2 Å². The van der Waals surface area contributed by atoms with Crippen molar-refractivity contribution >= 4 is 11.7 Å². The molecule has 5 heteroatoms. The molecule has 0 fully saturated rings. The van der Waals surface area contributed by atoms with Crippen LogP contribution in [0.1, 0.15) is 46.1 Å². The molecule has 2 N–H and O–H groups in total. The Kier molecular flexibility index (Phi) is 5.89.